The minimum atomic E-state index is -4.37. The van der Waals surface area contributed by atoms with Crippen LogP contribution in [0.1, 0.15) is 31.9 Å². The van der Waals surface area contributed by atoms with Gasteiger partial charge in [-0.05, 0) is 80.4 Å². The van der Waals surface area contributed by atoms with E-state index >= 15 is 0 Å². The van der Waals surface area contributed by atoms with Crippen molar-refractivity contribution < 1.29 is 32.2 Å². The molecule has 0 fully saturated rings. The van der Waals surface area contributed by atoms with Crippen molar-refractivity contribution in [3.05, 3.63) is 113 Å². The maximum absolute atomic E-state index is 14.7. The molecule has 2 amide bonds. The van der Waals surface area contributed by atoms with E-state index in [0.717, 1.165) is 19.9 Å². The molecule has 0 bridgehead atoms. The molecule has 0 aromatic heterocycles. The van der Waals surface area contributed by atoms with Gasteiger partial charge in [-0.15, -0.1) is 0 Å². The van der Waals surface area contributed by atoms with Crippen molar-refractivity contribution in [2.75, 3.05) is 31.7 Å². The lowest BCUT2D eigenvalue weighted by Crippen LogP contribution is -2.54. The lowest BCUT2D eigenvalue weighted by atomic mass is 10.0. The zero-order valence-electron chi connectivity index (χ0n) is 28.3. The van der Waals surface area contributed by atoms with Gasteiger partial charge >= 0.3 is 0 Å². The highest BCUT2D eigenvalue weighted by Crippen LogP contribution is 2.33. The number of amides is 2. The molecule has 0 saturated heterocycles. The molecule has 0 radical (unpaired) electrons. The monoisotopic (exact) mass is 751 g/mol. The summed E-state index contributed by atoms with van der Waals surface area (Å²) in [6.45, 7) is 5.44. The van der Waals surface area contributed by atoms with E-state index in [2.05, 4.69) is 21.2 Å². The molecule has 260 valence electrons. The molecule has 4 aromatic rings. The van der Waals surface area contributed by atoms with Crippen LogP contribution in [-0.4, -0.2) is 64.6 Å². The fourth-order valence-electron chi connectivity index (χ4n) is 5.23. The highest BCUT2D eigenvalue weighted by Gasteiger charge is 2.35. The largest absolute Gasteiger partial charge is 0.494 e. The second-order valence-corrected chi connectivity index (χ2v) is 14.3. The smallest absolute Gasteiger partial charge is 0.264 e. The summed E-state index contributed by atoms with van der Waals surface area (Å²) in [4.78, 5) is 29.9. The number of nitrogens with zero attached hydrogens (tertiary/aromatic N) is 2. The SMILES string of the molecule is CCOc1ccc(N(CC(=O)N(Cc2ccc(Br)cc2)[C@H](Cc2ccccc2)C(=O)NC(C)C)S(=O)(=O)c2ccc(OC)c(OC)c2)cc1. The first-order valence-corrected chi connectivity index (χ1v) is 18.1. The number of benzene rings is 4. The summed E-state index contributed by atoms with van der Waals surface area (Å²) in [5, 5.41) is 2.96. The van der Waals surface area contributed by atoms with Crippen molar-refractivity contribution >= 4 is 43.5 Å². The molecule has 49 heavy (non-hydrogen) atoms. The molecule has 0 aliphatic carbocycles. The van der Waals surface area contributed by atoms with Gasteiger partial charge in [-0.3, -0.25) is 13.9 Å². The van der Waals surface area contributed by atoms with Crippen LogP contribution in [-0.2, 0) is 32.6 Å². The van der Waals surface area contributed by atoms with Crippen molar-refractivity contribution in [1.82, 2.24) is 10.2 Å². The van der Waals surface area contributed by atoms with Crippen LogP contribution in [0, 0.1) is 0 Å². The van der Waals surface area contributed by atoms with Gasteiger partial charge < -0.3 is 24.4 Å². The molecule has 4 rings (SSSR count). The van der Waals surface area contributed by atoms with Crippen LogP contribution in [0.2, 0.25) is 0 Å². The van der Waals surface area contributed by atoms with Crippen LogP contribution in [0.3, 0.4) is 0 Å². The Morgan fingerprint density at radius 1 is 0.837 bits per heavy atom. The lowest BCUT2D eigenvalue weighted by molar-refractivity contribution is -0.140. The first-order valence-electron chi connectivity index (χ1n) is 15.8. The third-order valence-electron chi connectivity index (χ3n) is 7.63. The Balaban J connectivity index is 1.83. The van der Waals surface area contributed by atoms with Gasteiger partial charge in [0.15, 0.2) is 11.5 Å². The molecule has 0 aliphatic rings. The Labute approximate surface area is 297 Å². The molecule has 0 unspecified atom stereocenters. The van der Waals surface area contributed by atoms with Crippen LogP contribution in [0.5, 0.6) is 17.2 Å². The van der Waals surface area contributed by atoms with Crippen LogP contribution in [0.4, 0.5) is 5.69 Å². The Kier molecular flexibility index (Phi) is 13.1. The first-order chi connectivity index (χ1) is 23.5. The number of methoxy groups -OCH3 is 2. The number of anilines is 1. The molecule has 0 saturated carbocycles. The molecule has 1 atom stereocenters. The van der Waals surface area contributed by atoms with Crippen molar-refractivity contribution in [3.8, 4) is 17.2 Å². The maximum Gasteiger partial charge on any atom is 0.264 e. The number of halogens is 1. The number of carbonyl (C=O) groups excluding carboxylic acids is 2. The van der Waals surface area contributed by atoms with Gasteiger partial charge in [0.25, 0.3) is 10.0 Å². The van der Waals surface area contributed by atoms with Crippen LogP contribution in [0.15, 0.2) is 106 Å². The van der Waals surface area contributed by atoms with Crippen LogP contribution < -0.4 is 23.8 Å². The molecule has 12 heteroatoms. The molecule has 0 aliphatic heterocycles. The van der Waals surface area contributed by atoms with Gasteiger partial charge in [0.05, 0.1) is 31.4 Å². The minimum absolute atomic E-state index is 0.0582. The van der Waals surface area contributed by atoms with Crippen LogP contribution >= 0.6 is 15.9 Å². The third-order valence-corrected chi connectivity index (χ3v) is 9.92. The fourth-order valence-corrected chi connectivity index (χ4v) is 6.92. The van der Waals surface area contributed by atoms with Crippen molar-refractivity contribution in [2.24, 2.45) is 0 Å². The highest BCUT2D eigenvalue weighted by atomic mass is 79.9. The van der Waals surface area contributed by atoms with E-state index in [1.165, 1.54) is 37.3 Å². The topological polar surface area (TPSA) is 114 Å². The number of ether oxygens (including phenoxy) is 3. The fraction of sp³-hybridized carbons (Fsp3) is 0.297. The Morgan fingerprint density at radius 2 is 1.49 bits per heavy atom. The second kappa shape index (κ2) is 17.2. The molecule has 0 spiro atoms. The Morgan fingerprint density at radius 3 is 2.08 bits per heavy atom. The zero-order chi connectivity index (χ0) is 35.6. The summed E-state index contributed by atoms with van der Waals surface area (Å²) in [5.41, 5.74) is 1.85. The number of hydrogen-bond acceptors (Lipinski definition) is 7. The predicted molar refractivity (Wildman–Crippen MR) is 194 cm³/mol. The van der Waals surface area contributed by atoms with Gasteiger partial charge in [-0.2, -0.15) is 0 Å². The number of hydrogen-bond donors (Lipinski definition) is 1. The molecule has 10 nitrogen and oxygen atoms in total. The summed E-state index contributed by atoms with van der Waals surface area (Å²) >= 11 is 3.46. The van der Waals surface area contributed by atoms with Gasteiger partial charge in [0.2, 0.25) is 11.8 Å². The van der Waals surface area contributed by atoms with Crippen molar-refractivity contribution in [3.63, 3.8) is 0 Å². The number of rotatable bonds is 16. The molecule has 0 heterocycles. The van der Waals surface area contributed by atoms with Gasteiger partial charge in [-0.25, -0.2) is 8.42 Å². The zero-order valence-corrected chi connectivity index (χ0v) is 30.7. The van der Waals surface area contributed by atoms with Crippen molar-refractivity contribution in [2.45, 2.75) is 50.7 Å². The first kappa shape index (κ1) is 37.3. The van der Waals surface area contributed by atoms with E-state index in [9.17, 15) is 18.0 Å². The van der Waals surface area contributed by atoms with Gasteiger partial charge in [0, 0.05) is 29.5 Å². The van der Waals surface area contributed by atoms with E-state index in [-0.39, 0.29) is 41.2 Å². The van der Waals surface area contributed by atoms with E-state index in [1.807, 2.05) is 75.4 Å². The van der Waals surface area contributed by atoms with Crippen LogP contribution in [0.25, 0.3) is 0 Å². The average molecular weight is 753 g/mol. The van der Waals surface area contributed by atoms with Gasteiger partial charge in [-0.1, -0.05) is 58.4 Å². The Hall–Kier alpha value is -4.55. The van der Waals surface area contributed by atoms with E-state index < -0.39 is 28.5 Å². The number of nitrogens with one attached hydrogen (secondary N) is 1. The third kappa shape index (κ3) is 9.76. The van der Waals surface area contributed by atoms with E-state index in [4.69, 9.17) is 14.2 Å². The minimum Gasteiger partial charge on any atom is -0.494 e. The molecular weight excluding hydrogens is 710 g/mol. The highest BCUT2D eigenvalue weighted by molar-refractivity contribution is 9.10. The van der Waals surface area contributed by atoms with Crippen molar-refractivity contribution in [1.29, 1.82) is 0 Å². The normalized spacial score (nSPS) is 11.8. The average Bonchev–Trinajstić information content (AvgIpc) is 3.09. The Bertz CT molecular complexity index is 1800. The summed E-state index contributed by atoms with van der Waals surface area (Å²) in [6.07, 6.45) is 0.215. The maximum atomic E-state index is 14.7. The lowest BCUT2D eigenvalue weighted by Gasteiger charge is -2.34. The molecule has 4 aromatic carbocycles. The summed E-state index contributed by atoms with van der Waals surface area (Å²) < 4.78 is 47.1. The second-order valence-electron chi connectivity index (χ2n) is 11.5. The van der Waals surface area contributed by atoms with Gasteiger partial charge in [0.1, 0.15) is 18.3 Å². The molecular formula is C37H42BrN3O7S. The number of carbonyl (C=O) groups is 2. The molecule has 1 N–H and O–H groups in total. The summed E-state index contributed by atoms with van der Waals surface area (Å²) in [5.74, 6) is 0.198. The predicted octanol–water partition coefficient (Wildman–Crippen LogP) is 6.23. The number of sulfonamides is 1. The quantitative estimate of drug-likeness (QED) is 0.145. The summed E-state index contributed by atoms with van der Waals surface area (Å²) in [7, 11) is -1.49. The standard InChI is InChI=1S/C37H42BrN3O7S/c1-6-48-31-18-16-30(17-19-31)41(49(44,45)32-20-21-34(46-4)35(23-32)47-5)25-36(42)40(24-28-12-14-29(38)15-13-28)33(37(43)39-26(2)3)22-27-10-8-7-9-11-27/h7-21,23,26,33H,6,22,24-25H2,1-5H3,(H,39,43)/t33-/m1/s1. The van der Waals surface area contributed by atoms with E-state index in [1.54, 1.807) is 24.3 Å². The van der Waals surface area contributed by atoms with E-state index in [0.29, 0.717) is 18.1 Å². The summed E-state index contributed by atoms with van der Waals surface area (Å²) in [6, 6.07) is 26.4.